The largest absolute Gasteiger partial charge is 0.461 e. The molecule has 2 N–H and O–H groups in total. The fourth-order valence-corrected chi connectivity index (χ4v) is 4.06. The molecule has 108 valence electrons. The summed E-state index contributed by atoms with van der Waals surface area (Å²) in [6.07, 6.45) is 0.894. The van der Waals surface area contributed by atoms with E-state index in [1.807, 2.05) is 12.1 Å². The molecule has 0 amide bonds. The van der Waals surface area contributed by atoms with E-state index in [-0.39, 0.29) is 16.9 Å². The fraction of sp³-hybridized carbons (Fsp3) is 0.556. The zero-order valence-corrected chi connectivity index (χ0v) is 13.2. The SMILES string of the molecule is CCc1oc2ccccc2c1C(N)C1C(C)(C)C1(C)C. The molecule has 1 heterocycles. The molecule has 1 aliphatic carbocycles. The Hall–Kier alpha value is -1.28. The summed E-state index contributed by atoms with van der Waals surface area (Å²) in [5.41, 5.74) is 9.45. The molecule has 0 radical (unpaired) electrons. The van der Waals surface area contributed by atoms with Gasteiger partial charge in [0.05, 0.1) is 0 Å². The highest BCUT2D eigenvalue weighted by molar-refractivity contribution is 5.83. The van der Waals surface area contributed by atoms with Gasteiger partial charge in [-0.1, -0.05) is 52.8 Å². The van der Waals surface area contributed by atoms with Crippen molar-refractivity contribution in [2.75, 3.05) is 0 Å². The summed E-state index contributed by atoms with van der Waals surface area (Å²) in [6, 6.07) is 8.31. The Kier molecular flexibility index (Phi) is 2.81. The van der Waals surface area contributed by atoms with Gasteiger partial charge in [-0.25, -0.2) is 0 Å². The van der Waals surface area contributed by atoms with E-state index in [2.05, 4.69) is 46.8 Å². The number of para-hydroxylation sites is 1. The van der Waals surface area contributed by atoms with Crippen LogP contribution in [0.1, 0.15) is 52.0 Å². The molecule has 1 aromatic carbocycles. The topological polar surface area (TPSA) is 39.2 Å². The van der Waals surface area contributed by atoms with Gasteiger partial charge >= 0.3 is 0 Å². The molecule has 0 saturated heterocycles. The molecule has 2 aromatic rings. The first-order chi connectivity index (χ1) is 9.32. The van der Waals surface area contributed by atoms with Gasteiger partial charge in [-0.05, 0) is 22.8 Å². The monoisotopic (exact) mass is 271 g/mol. The van der Waals surface area contributed by atoms with Crippen LogP contribution in [0.25, 0.3) is 11.0 Å². The molecular weight excluding hydrogens is 246 g/mol. The van der Waals surface area contributed by atoms with Crippen molar-refractivity contribution in [1.29, 1.82) is 0 Å². The summed E-state index contributed by atoms with van der Waals surface area (Å²) in [5.74, 6) is 1.55. The van der Waals surface area contributed by atoms with Crippen LogP contribution in [0.15, 0.2) is 28.7 Å². The fourth-order valence-electron chi connectivity index (χ4n) is 4.06. The van der Waals surface area contributed by atoms with Crippen molar-refractivity contribution in [1.82, 2.24) is 0 Å². The average molecular weight is 271 g/mol. The van der Waals surface area contributed by atoms with Crippen LogP contribution in [0, 0.1) is 16.7 Å². The van der Waals surface area contributed by atoms with Crippen LogP contribution >= 0.6 is 0 Å². The Bertz CT molecular complexity index is 636. The molecule has 2 nitrogen and oxygen atoms in total. The first-order valence-corrected chi connectivity index (χ1v) is 7.58. The predicted molar refractivity (Wildman–Crippen MR) is 83.6 cm³/mol. The predicted octanol–water partition coefficient (Wildman–Crippen LogP) is 4.68. The molecule has 0 spiro atoms. The summed E-state index contributed by atoms with van der Waals surface area (Å²) in [6.45, 7) is 11.4. The Morgan fingerprint density at radius 1 is 1.15 bits per heavy atom. The normalized spacial score (nSPS) is 22.1. The lowest BCUT2D eigenvalue weighted by molar-refractivity contribution is 0.457. The highest BCUT2D eigenvalue weighted by Gasteiger charge is 2.67. The van der Waals surface area contributed by atoms with Gasteiger partial charge in [0.25, 0.3) is 0 Å². The van der Waals surface area contributed by atoms with Crippen molar-refractivity contribution in [3.63, 3.8) is 0 Å². The second-order valence-electron chi connectivity index (χ2n) is 7.24. The van der Waals surface area contributed by atoms with E-state index in [0.717, 1.165) is 17.8 Å². The van der Waals surface area contributed by atoms with E-state index >= 15 is 0 Å². The minimum atomic E-state index is 0.0543. The lowest BCUT2D eigenvalue weighted by Gasteiger charge is -2.14. The van der Waals surface area contributed by atoms with E-state index in [4.69, 9.17) is 10.2 Å². The molecule has 1 unspecified atom stereocenters. The number of rotatable bonds is 3. The lowest BCUT2D eigenvalue weighted by atomic mass is 9.94. The molecule has 1 aromatic heterocycles. The minimum absolute atomic E-state index is 0.0543. The van der Waals surface area contributed by atoms with Gasteiger partial charge in [-0.3, -0.25) is 0 Å². The summed E-state index contributed by atoms with van der Waals surface area (Å²) in [4.78, 5) is 0. The molecule has 3 rings (SSSR count). The molecule has 20 heavy (non-hydrogen) atoms. The van der Waals surface area contributed by atoms with Crippen LogP contribution < -0.4 is 5.73 Å². The third-order valence-corrected chi connectivity index (χ3v) is 5.86. The molecule has 0 aliphatic heterocycles. The van der Waals surface area contributed by atoms with Crippen molar-refractivity contribution in [3.8, 4) is 0 Å². The zero-order valence-electron chi connectivity index (χ0n) is 13.2. The maximum Gasteiger partial charge on any atom is 0.134 e. The third-order valence-electron chi connectivity index (χ3n) is 5.86. The van der Waals surface area contributed by atoms with Crippen LogP contribution in [-0.4, -0.2) is 0 Å². The average Bonchev–Trinajstić information content (AvgIpc) is 2.72. The standard InChI is InChI=1S/C18H25NO/c1-6-12-14(11-9-7-8-10-13(11)20-12)15(19)16-17(2,3)18(16,4)5/h7-10,15-16H,6,19H2,1-5H3. The van der Waals surface area contributed by atoms with Crippen LogP contribution in [0.4, 0.5) is 0 Å². The van der Waals surface area contributed by atoms with Crippen LogP contribution in [-0.2, 0) is 6.42 Å². The van der Waals surface area contributed by atoms with Crippen molar-refractivity contribution in [2.45, 2.75) is 47.1 Å². The van der Waals surface area contributed by atoms with Gasteiger partial charge in [0.15, 0.2) is 0 Å². The van der Waals surface area contributed by atoms with Crippen LogP contribution in [0.2, 0.25) is 0 Å². The molecule has 0 bridgehead atoms. The zero-order chi connectivity index (χ0) is 14.7. The first-order valence-electron chi connectivity index (χ1n) is 7.58. The van der Waals surface area contributed by atoms with Crippen molar-refractivity contribution in [3.05, 3.63) is 35.6 Å². The highest BCUT2D eigenvalue weighted by Crippen LogP contribution is 2.72. The summed E-state index contributed by atoms with van der Waals surface area (Å²) in [5, 5.41) is 1.19. The summed E-state index contributed by atoms with van der Waals surface area (Å²) < 4.78 is 6.00. The maximum absolute atomic E-state index is 6.68. The van der Waals surface area contributed by atoms with Gasteiger partial charge in [0.1, 0.15) is 11.3 Å². The van der Waals surface area contributed by atoms with Crippen LogP contribution in [0.5, 0.6) is 0 Å². The van der Waals surface area contributed by atoms with E-state index < -0.39 is 0 Å². The van der Waals surface area contributed by atoms with Gasteiger partial charge in [-0.15, -0.1) is 0 Å². The molecule has 1 atom stereocenters. The summed E-state index contributed by atoms with van der Waals surface area (Å²) in [7, 11) is 0. The van der Waals surface area contributed by atoms with Gasteiger partial charge < -0.3 is 10.2 Å². The number of furan rings is 1. The second kappa shape index (κ2) is 4.11. The Morgan fingerprint density at radius 3 is 2.30 bits per heavy atom. The molecule has 1 fully saturated rings. The molecule has 1 aliphatic rings. The highest BCUT2D eigenvalue weighted by atomic mass is 16.3. The second-order valence-corrected chi connectivity index (χ2v) is 7.24. The number of hydrogen-bond acceptors (Lipinski definition) is 2. The number of nitrogens with two attached hydrogens (primary N) is 1. The van der Waals surface area contributed by atoms with Gasteiger partial charge in [0, 0.05) is 23.4 Å². The van der Waals surface area contributed by atoms with Crippen molar-refractivity contribution < 1.29 is 4.42 Å². The van der Waals surface area contributed by atoms with Gasteiger partial charge in [0.2, 0.25) is 0 Å². The van der Waals surface area contributed by atoms with Crippen LogP contribution in [0.3, 0.4) is 0 Å². The van der Waals surface area contributed by atoms with E-state index in [0.29, 0.717) is 5.92 Å². The number of benzene rings is 1. The van der Waals surface area contributed by atoms with Crippen molar-refractivity contribution in [2.24, 2.45) is 22.5 Å². The van der Waals surface area contributed by atoms with Crippen molar-refractivity contribution >= 4 is 11.0 Å². The molecule has 2 heteroatoms. The molecule has 1 saturated carbocycles. The number of aryl methyl sites for hydroxylation is 1. The van der Waals surface area contributed by atoms with E-state index in [1.54, 1.807) is 0 Å². The lowest BCUT2D eigenvalue weighted by Crippen LogP contribution is -2.17. The van der Waals surface area contributed by atoms with E-state index in [1.165, 1.54) is 10.9 Å². The Balaban J connectivity index is 2.11. The number of fused-ring (bicyclic) bond motifs is 1. The quantitative estimate of drug-likeness (QED) is 0.880. The number of hydrogen-bond donors (Lipinski definition) is 1. The summed E-state index contributed by atoms with van der Waals surface area (Å²) >= 11 is 0. The maximum atomic E-state index is 6.68. The van der Waals surface area contributed by atoms with E-state index in [9.17, 15) is 0 Å². The molecular formula is C18H25NO. The Labute approximate surface area is 121 Å². The Morgan fingerprint density at radius 2 is 1.75 bits per heavy atom. The first kappa shape index (κ1) is 13.7. The van der Waals surface area contributed by atoms with Gasteiger partial charge in [-0.2, -0.15) is 0 Å². The smallest absolute Gasteiger partial charge is 0.134 e. The minimum Gasteiger partial charge on any atom is -0.461 e. The third kappa shape index (κ3) is 1.61.